The Morgan fingerprint density at radius 1 is 0.475 bits per heavy atom. The number of unbranched alkanes of at least 4 members (excludes halogenated alkanes) is 33. The molecule has 0 radical (unpaired) electrons. The van der Waals surface area contributed by atoms with Crippen molar-refractivity contribution < 1.29 is 24.5 Å². The molecule has 0 saturated carbocycles. The Bertz CT molecular complexity index is 920. The summed E-state index contributed by atoms with van der Waals surface area (Å²) in [5.41, 5.74) is 0. The molecule has 0 aromatic rings. The number of esters is 1. The van der Waals surface area contributed by atoms with Gasteiger partial charge in [0.25, 0.3) is 0 Å². The summed E-state index contributed by atoms with van der Waals surface area (Å²) in [6.07, 6.45) is 57.2. The molecule has 0 spiro atoms. The molecule has 2 unspecified atom stereocenters. The summed E-state index contributed by atoms with van der Waals surface area (Å²) < 4.78 is 5.47. The van der Waals surface area contributed by atoms with Crippen LogP contribution >= 0.6 is 0 Å². The molecule has 0 aromatic carbocycles. The maximum atomic E-state index is 12.4. The number of amides is 1. The lowest BCUT2D eigenvalue weighted by atomic mass is 10.0. The summed E-state index contributed by atoms with van der Waals surface area (Å²) in [5.74, 6) is -0.0593. The summed E-state index contributed by atoms with van der Waals surface area (Å²) in [6, 6.07) is -0.549. The van der Waals surface area contributed by atoms with Gasteiger partial charge in [-0.2, -0.15) is 0 Å². The number of aliphatic hydroxyl groups is 2. The molecule has 0 saturated heterocycles. The zero-order valence-electron chi connectivity index (χ0n) is 39.5. The predicted octanol–water partition coefficient (Wildman–Crippen LogP) is 15.5. The summed E-state index contributed by atoms with van der Waals surface area (Å²) in [5, 5.41) is 23.1. The van der Waals surface area contributed by atoms with E-state index in [-0.39, 0.29) is 18.5 Å². The number of carbonyl (C=O) groups is 2. The van der Waals surface area contributed by atoms with Crippen molar-refractivity contribution in [3.05, 3.63) is 24.3 Å². The van der Waals surface area contributed by atoms with Crippen LogP contribution in [0.4, 0.5) is 0 Å². The van der Waals surface area contributed by atoms with Gasteiger partial charge in [0.05, 0.1) is 25.4 Å². The Morgan fingerprint density at radius 2 is 0.847 bits per heavy atom. The Morgan fingerprint density at radius 3 is 1.32 bits per heavy atom. The van der Waals surface area contributed by atoms with Crippen LogP contribution in [0, 0.1) is 0 Å². The fourth-order valence-corrected chi connectivity index (χ4v) is 7.96. The molecule has 59 heavy (non-hydrogen) atoms. The van der Waals surface area contributed by atoms with Gasteiger partial charge in [-0.25, -0.2) is 0 Å². The summed E-state index contributed by atoms with van der Waals surface area (Å²) >= 11 is 0. The van der Waals surface area contributed by atoms with Crippen LogP contribution in [0.2, 0.25) is 0 Å². The molecule has 0 aliphatic carbocycles. The number of ether oxygens (including phenoxy) is 1. The summed E-state index contributed by atoms with van der Waals surface area (Å²) in [6.45, 7) is 4.88. The fourth-order valence-electron chi connectivity index (χ4n) is 7.96. The molecule has 6 heteroatoms. The van der Waals surface area contributed by atoms with Gasteiger partial charge in [0.15, 0.2) is 0 Å². The number of carbonyl (C=O) groups excluding carboxylic acids is 2. The highest BCUT2D eigenvalue weighted by Gasteiger charge is 2.20. The number of aliphatic hydroxyl groups excluding tert-OH is 2. The smallest absolute Gasteiger partial charge is 0.305 e. The average molecular weight is 832 g/mol. The molecule has 0 aliphatic heterocycles. The first kappa shape index (κ1) is 57.3. The first-order chi connectivity index (χ1) is 29.0. The van der Waals surface area contributed by atoms with E-state index >= 15 is 0 Å². The molecule has 2 atom stereocenters. The lowest BCUT2D eigenvalue weighted by Gasteiger charge is -2.22. The van der Waals surface area contributed by atoms with E-state index in [9.17, 15) is 19.8 Å². The van der Waals surface area contributed by atoms with Gasteiger partial charge < -0.3 is 20.3 Å². The second kappa shape index (κ2) is 49.0. The van der Waals surface area contributed by atoms with E-state index < -0.39 is 12.1 Å². The van der Waals surface area contributed by atoms with E-state index in [1.54, 1.807) is 0 Å². The van der Waals surface area contributed by atoms with Crippen molar-refractivity contribution in [2.24, 2.45) is 0 Å². The van der Waals surface area contributed by atoms with Gasteiger partial charge in [-0.15, -0.1) is 0 Å². The molecule has 0 aromatic heterocycles. The molecule has 0 fully saturated rings. The maximum absolute atomic E-state index is 12.4. The minimum atomic E-state index is -0.671. The van der Waals surface area contributed by atoms with Crippen LogP contribution in [0.15, 0.2) is 24.3 Å². The van der Waals surface area contributed by atoms with Gasteiger partial charge in [-0.05, 0) is 57.8 Å². The molecule has 0 rings (SSSR count). The average Bonchev–Trinajstić information content (AvgIpc) is 3.24. The number of hydrogen-bond donors (Lipinski definition) is 3. The highest BCUT2D eigenvalue weighted by Crippen LogP contribution is 2.16. The van der Waals surface area contributed by atoms with Gasteiger partial charge in [0, 0.05) is 12.8 Å². The first-order valence-electron chi connectivity index (χ1n) is 26.1. The molecule has 3 N–H and O–H groups in total. The number of rotatable bonds is 48. The van der Waals surface area contributed by atoms with Crippen molar-refractivity contribution in [2.45, 2.75) is 289 Å². The Labute approximate surface area is 367 Å². The number of hydrogen-bond acceptors (Lipinski definition) is 5. The summed E-state index contributed by atoms with van der Waals surface area (Å²) in [7, 11) is 0. The SMILES string of the molecule is CCCCC/C=C\C/C=C\CCCCCCCCCCCC(=O)OCCCCCCCCCCCCCCCC(=O)NC(CO)C(O)CCCCCCCCCCCC. The van der Waals surface area contributed by atoms with E-state index in [4.69, 9.17) is 4.74 Å². The van der Waals surface area contributed by atoms with Crippen LogP contribution < -0.4 is 5.32 Å². The lowest BCUT2D eigenvalue weighted by molar-refractivity contribution is -0.143. The second-order valence-electron chi connectivity index (χ2n) is 17.9. The van der Waals surface area contributed by atoms with Crippen molar-refractivity contribution in [1.29, 1.82) is 0 Å². The summed E-state index contributed by atoms with van der Waals surface area (Å²) in [4.78, 5) is 24.5. The van der Waals surface area contributed by atoms with E-state index in [1.165, 1.54) is 186 Å². The van der Waals surface area contributed by atoms with E-state index in [0.29, 0.717) is 25.9 Å². The van der Waals surface area contributed by atoms with Crippen molar-refractivity contribution in [2.75, 3.05) is 13.2 Å². The third-order valence-corrected chi connectivity index (χ3v) is 12.0. The van der Waals surface area contributed by atoms with Crippen molar-refractivity contribution in [3.63, 3.8) is 0 Å². The quantitative estimate of drug-likeness (QED) is 0.0322. The van der Waals surface area contributed by atoms with E-state index in [1.807, 2.05) is 0 Å². The second-order valence-corrected chi connectivity index (χ2v) is 17.9. The largest absolute Gasteiger partial charge is 0.466 e. The number of allylic oxidation sites excluding steroid dienone is 4. The first-order valence-corrected chi connectivity index (χ1v) is 26.1. The Kier molecular flexibility index (Phi) is 47.6. The van der Waals surface area contributed by atoms with Crippen LogP contribution in [0.5, 0.6) is 0 Å². The van der Waals surface area contributed by atoms with Gasteiger partial charge in [0.1, 0.15) is 0 Å². The van der Waals surface area contributed by atoms with Crippen molar-refractivity contribution in [1.82, 2.24) is 5.32 Å². The molecular weight excluding hydrogens is 731 g/mol. The normalized spacial score (nSPS) is 12.8. The molecule has 1 amide bonds. The monoisotopic (exact) mass is 832 g/mol. The fraction of sp³-hybridized carbons (Fsp3) is 0.887. The molecule has 348 valence electrons. The van der Waals surface area contributed by atoms with Gasteiger partial charge in [-0.3, -0.25) is 9.59 Å². The van der Waals surface area contributed by atoms with E-state index in [0.717, 1.165) is 57.8 Å². The van der Waals surface area contributed by atoms with Crippen LogP contribution in [-0.4, -0.2) is 47.4 Å². The highest BCUT2D eigenvalue weighted by molar-refractivity contribution is 5.76. The van der Waals surface area contributed by atoms with Crippen molar-refractivity contribution in [3.8, 4) is 0 Å². The predicted molar refractivity (Wildman–Crippen MR) is 255 cm³/mol. The molecular formula is C53H101NO5. The van der Waals surface area contributed by atoms with Crippen LogP contribution in [-0.2, 0) is 14.3 Å². The standard InChI is InChI=1S/C53H101NO5/c1-3-5-7-9-11-13-15-16-17-18-19-20-21-24-27-31-35-39-43-47-53(58)59-48-44-40-36-32-28-25-22-23-26-30-34-38-42-46-52(57)54-50(49-55)51(56)45-41-37-33-29-14-12-10-8-6-4-2/h11,13,16-17,50-51,55-56H,3-10,12,14-15,18-49H2,1-2H3,(H,54,57)/b13-11-,17-16-. The number of nitrogens with one attached hydrogen (secondary N) is 1. The molecule has 6 nitrogen and oxygen atoms in total. The minimum absolute atomic E-state index is 0.00955. The zero-order chi connectivity index (χ0) is 43.0. The molecule has 0 bridgehead atoms. The zero-order valence-corrected chi connectivity index (χ0v) is 39.5. The maximum Gasteiger partial charge on any atom is 0.305 e. The van der Waals surface area contributed by atoms with Crippen LogP contribution in [0.1, 0.15) is 277 Å². The third-order valence-electron chi connectivity index (χ3n) is 12.0. The molecule has 0 aliphatic rings. The lowest BCUT2D eigenvalue weighted by Crippen LogP contribution is -2.45. The van der Waals surface area contributed by atoms with Gasteiger partial charge >= 0.3 is 5.97 Å². The highest BCUT2D eigenvalue weighted by atomic mass is 16.5. The van der Waals surface area contributed by atoms with Gasteiger partial charge in [0.2, 0.25) is 5.91 Å². The van der Waals surface area contributed by atoms with Crippen LogP contribution in [0.25, 0.3) is 0 Å². The topological polar surface area (TPSA) is 95.9 Å². The van der Waals surface area contributed by atoms with E-state index in [2.05, 4.69) is 43.5 Å². The minimum Gasteiger partial charge on any atom is -0.466 e. The Balaban J connectivity index is 3.42. The van der Waals surface area contributed by atoms with Crippen LogP contribution in [0.3, 0.4) is 0 Å². The molecule has 0 heterocycles. The third kappa shape index (κ3) is 45.7. The van der Waals surface area contributed by atoms with Crippen molar-refractivity contribution >= 4 is 11.9 Å². The Hall–Kier alpha value is -1.66. The van der Waals surface area contributed by atoms with Gasteiger partial charge in [-0.1, -0.05) is 231 Å².